The summed E-state index contributed by atoms with van der Waals surface area (Å²) < 4.78 is 42.4. The minimum absolute atomic E-state index is 0.175. The van der Waals surface area contributed by atoms with Gasteiger partial charge in [0.05, 0.1) is 0 Å². The maximum absolute atomic E-state index is 12.3. The monoisotopic (exact) mass is 287 g/mol. The zero-order valence-corrected chi connectivity index (χ0v) is 12.2. The predicted octanol–water partition coefficient (Wildman–Crippen LogP) is 4.45. The van der Waals surface area contributed by atoms with E-state index in [0.29, 0.717) is 18.1 Å². The first-order valence-electron chi connectivity index (χ1n) is 6.34. The minimum atomic E-state index is -4.29. The zero-order chi connectivity index (χ0) is 15.6. The van der Waals surface area contributed by atoms with Gasteiger partial charge in [-0.25, -0.2) is 4.99 Å². The standard InChI is InChI=1S/C15H20F3NO/c1-10(7-6-8-11(2)15(16,17)18)12-9-20-13(19-12)14(3,4)5/h6-8,12H,1,9H2,2-5H3/b7-6-,11-8+/t12-/m1/s1. The molecule has 0 fully saturated rings. The second kappa shape index (κ2) is 5.85. The van der Waals surface area contributed by atoms with E-state index in [2.05, 4.69) is 11.6 Å². The Bertz CT molecular complexity index is 464. The lowest BCUT2D eigenvalue weighted by molar-refractivity contribution is -0.0912. The van der Waals surface area contributed by atoms with E-state index in [1.54, 1.807) is 6.08 Å². The maximum Gasteiger partial charge on any atom is 0.412 e. The SMILES string of the molecule is C=C(/C=C\C=C(/C)C(F)(F)F)[C@H]1COC(C(C)(C)C)=N1. The fourth-order valence-electron chi connectivity index (χ4n) is 1.50. The van der Waals surface area contributed by atoms with Gasteiger partial charge < -0.3 is 4.74 Å². The third-order valence-electron chi connectivity index (χ3n) is 2.82. The Labute approximate surface area is 117 Å². The number of allylic oxidation sites excluding steroid dienone is 3. The summed E-state index contributed by atoms with van der Waals surface area (Å²) in [4.78, 5) is 4.41. The highest BCUT2D eigenvalue weighted by molar-refractivity contribution is 5.83. The first kappa shape index (κ1) is 16.5. The van der Waals surface area contributed by atoms with E-state index in [-0.39, 0.29) is 11.5 Å². The summed E-state index contributed by atoms with van der Waals surface area (Å²) in [5, 5.41) is 0. The van der Waals surface area contributed by atoms with Gasteiger partial charge in [0.1, 0.15) is 12.6 Å². The Balaban J connectivity index is 2.68. The van der Waals surface area contributed by atoms with Crippen LogP contribution in [0.4, 0.5) is 13.2 Å². The summed E-state index contributed by atoms with van der Waals surface area (Å²) in [6.45, 7) is 11.2. The van der Waals surface area contributed by atoms with Crippen LogP contribution in [0.15, 0.2) is 40.9 Å². The number of aliphatic imine (C=N–C) groups is 1. The molecule has 1 aliphatic rings. The van der Waals surface area contributed by atoms with Crippen LogP contribution in [0.2, 0.25) is 0 Å². The van der Waals surface area contributed by atoms with Gasteiger partial charge in [-0.2, -0.15) is 13.2 Å². The van der Waals surface area contributed by atoms with Crippen LogP contribution in [-0.2, 0) is 4.74 Å². The van der Waals surface area contributed by atoms with Crippen LogP contribution >= 0.6 is 0 Å². The fourth-order valence-corrected chi connectivity index (χ4v) is 1.50. The molecular weight excluding hydrogens is 267 g/mol. The molecule has 1 atom stereocenters. The molecule has 0 amide bonds. The molecule has 5 heteroatoms. The molecule has 0 N–H and O–H groups in total. The maximum atomic E-state index is 12.3. The zero-order valence-electron chi connectivity index (χ0n) is 12.2. The largest absolute Gasteiger partial charge is 0.478 e. The summed E-state index contributed by atoms with van der Waals surface area (Å²) in [7, 11) is 0. The van der Waals surface area contributed by atoms with Gasteiger partial charge in [-0.05, 0) is 12.5 Å². The van der Waals surface area contributed by atoms with Gasteiger partial charge in [-0.1, -0.05) is 45.6 Å². The third-order valence-corrected chi connectivity index (χ3v) is 2.82. The summed E-state index contributed by atoms with van der Waals surface area (Å²) in [5.41, 5.74) is -0.190. The first-order chi connectivity index (χ1) is 9.01. The molecule has 0 unspecified atom stereocenters. The van der Waals surface area contributed by atoms with Crippen molar-refractivity contribution in [2.45, 2.75) is 39.9 Å². The lowest BCUT2D eigenvalue weighted by atomic mass is 9.97. The van der Waals surface area contributed by atoms with Crippen LogP contribution in [0.5, 0.6) is 0 Å². The van der Waals surface area contributed by atoms with Gasteiger partial charge in [-0.3, -0.25) is 0 Å². The van der Waals surface area contributed by atoms with Crippen molar-refractivity contribution < 1.29 is 17.9 Å². The molecule has 1 heterocycles. The predicted molar refractivity (Wildman–Crippen MR) is 74.7 cm³/mol. The van der Waals surface area contributed by atoms with E-state index < -0.39 is 11.7 Å². The van der Waals surface area contributed by atoms with Gasteiger partial charge in [0.15, 0.2) is 5.90 Å². The number of ether oxygens (including phenoxy) is 1. The van der Waals surface area contributed by atoms with Gasteiger partial charge in [0.25, 0.3) is 0 Å². The van der Waals surface area contributed by atoms with E-state index in [0.717, 1.165) is 13.0 Å². The highest BCUT2D eigenvalue weighted by Crippen LogP contribution is 2.26. The lowest BCUT2D eigenvalue weighted by Gasteiger charge is -2.16. The van der Waals surface area contributed by atoms with E-state index >= 15 is 0 Å². The van der Waals surface area contributed by atoms with Crippen molar-refractivity contribution in [3.63, 3.8) is 0 Å². The van der Waals surface area contributed by atoms with Gasteiger partial charge in [0.2, 0.25) is 0 Å². The highest BCUT2D eigenvalue weighted by Gasteiger charge is 2.30. The molecule has 0 aromatic heterocycles. The Morgan fingerprint density at radius 3 is 2.40 bits per heavy atom. The lowest BCUT2D eigenvalue weighted by Crippen LogP contribution is -2.20. The smallest absolute Gasteiger partial charge is 0.412 e. The minimum Gasteiger partial charge on any atom is -0.478 e. The van der Waals surface area contributed by atoms with Gasteiger partial charge in [0, 0.05) is 11.0 Å². The average molecular weight is 287 g/mol. The second-order valence-electron chi connectivity index (χ2n) is 5.79. The molecule has 0 saturated heterocycles. The number of hydrogen-bond acceptors (Lipinski definition) is 2. The van der Waals surface area contributed by atoms with Crippen molar-refractivity contribution in [2.24, 2.45) is 10.4 Å². The van der Waals surface area contributed by atoms with Gasteiger partial charge in [-0.15, -0.1) is 0 Å². The molecule has 2 nitrogen and oxygen atoms in total. The molecule has 0 aromatic rings. The van der Waals surface area contributed by atoms with Crippen LogP contribution in [0, 0.1) is 5.41 Å². The van der Waals surface area contributed by atoms with Crippen LogP contribution < -0.4 is 0 Å². The molecule has 0 radical (unpaired) electrons. The summed E-state index contributed by atoms with van der Waals surface area (Å²) in [5.74, 6) is 0.652. The molecule has 20 heavy (non-hydrogen) atoms. The fraction of sp³-hybridized carbons (Fsp3) is 0.533. The molecule has 1 aliphatic heterocycles. The molecule has 0 aromatic carbocycles. The van der Waals surface area contributed by atoms with E-state index in [9.17, 15) is 13.2 Å². The van der Waals surface area contributed by atoms with Crippen molar-refractivity contribution in [2.75, 3.05) is 6.61 Å². The van der Waals surface area contributed by atoms with Crippen LogP contribution in [0.3, 0.4) is 0 Å². The first-order valence-corrected chi connectivity index (χ1v) is 6.34. The number of nitrogens with zero attached hydrogens (tertiary/aromatic N) is 1. The molecule has 0 saturated carbocycles. The topological polar surface area (TPSA) is 21.6 Å². The number of alkyl halides is 3. The number of halogens is 3. The van der Waals surface area contributed by atoms with Crippen LogP contribution in [0.1, 0.15) is 27.7 Å². The van der Waals surface area contributed by atoms with Crippen molar-refractivity contribution in [1.29, 1.82) is 0 Å². The van der Waals surface area contributed by atoms with Crippen molar-refractivity contribution >= 4 is 5.90 Å². The summed E-state index contributed by atoms with van der Waals surface area (Å²) in [6, 6.07) is -0.222. The Morgan fingerprint density at radius 1 is 1.35 bits per heavy atom. The highest BCUT2D eigenvalue weighted by atomic mass is 19.4. The summed E-state index contributed by atoms with van der Waals surface area (Å²) >= 11 is 0. The number of hydrogen-bond donors (Lipinski definition) is 0. The molecule has 0 aliphatic carbocycles. The molecule has 112 valence electrons. The number of rotatable bonds is 3. The third kappa shape index (κ3) is 4.54. The quantitative estimate of drug-likeness (QED) is 0.703. The summed E-state index contributed by atoms with van der Waals surface area (Å²) in [6.07, 6.45) is -0.386. The average Bonchev–Trinajstić information content (AvgIpc) is 2.76. The Morgan fingerprint density at radius 2 is 1.95 bits per heavy atom. The second-order valence-corrected chi connectivity index (χ2v) is 5.79. The van der Waals surface area contributed by atoms with Crippen molar-refractivity contribution in [3.8, 4) is 0 Å². The molecular formula is C15H20F3NO. The van der Waals surface area contributed by atoms with E-state index in [1.807, 2.05) is 20.8 Å². The van der Waals surface area contributed by atoms with Crippen molar-refractivity contribution in [1.82, 2.24) is 0 Å². The van der Waals surface area contributed by atoms with Crippen LogP contribution in [0.25, 0.3) is 0 Å². The normalized spacial score (nSPS) is 21.1. The molecule has 0 spiro atoms. The molecule has 0 bridgehead atoms. The van der Waals surface area contributed by atoms with Crippen LogP contribution in [-0.4, -0.2) is 24.7 Å². The van der Waals surface area contributed by atoms with Gasteiger partial charge >= 0.3 is 6.18 Å². The molecule has 1 rings (SSSR count). The van der Waals surface area contributed by atoms with Crippen molar-refractivity contribution in [3.05, 3.63) is 36.0 Å². The van der Waals surface area contributed by atoms with E-state index in [4.69, 9.17) is 4.74 Å². The Kier molecular flexibility index (Phi) is 4.84. The Hall–Kier alpha value is -1.52. The van der Waals surface area contributed by atoms with E-state index in [1.165, 1.54) is 6.08 Å².